The van der Waals surface area contributed by atoms with Gasteiger partial charge in [-0.05, 0) is 12.0 Å². The monoisotopic (exact) mass is 408 g/mol. The maximum atomic E-state index is 9.75. The van der Waals surface area contributed by atoms with Gasteiger partial charge in [-0.2, -0.15) is 15.0 Å². The summed E-state index contributed by atoms with van der Waals surface area (Å²) >= 11 is 0. The van der Waals surface area contributed by atoms with E-state index in [0.717, 1.165) is 24.3 Å². The highest BCUT2D eigenvalue weighted by Gasteiger charge is 2.20. The molecule has 0 radical (unpaired) electrons. The summed E-state index contributed by atoms with van der Waals surface area (Å²) in [7, 11) is -6.00. The molecule has 2 heterocycles. The number of hydrogen-bond donors (Lipinski definition) is 0. The molecule has 0 spiro atoms. The Balaban J connectivity index is 0.000000537. The van der Waals surface area contributed by atoms with Crippen molar-refractivity contribution < 1.29 is 21.8 Å². The Labute approximate surface area is 168 Å². The third-order valence-electron chi connectivity index (χ3n) is 4.14. The predicted octanol–water partition coefficient (Wildman–Crippen LogP) is 5.03. The van der Waals surface area contributed by atoms with Gasteiger partial charge in [0.25, 0.3) is 0 Å². The molecule has 0 saturated heterocycles. The summed E-state index contributed by atoms with van der Waals surface area (Å²) in [5, 5.41) is 8.98. The Morgan fingerprint density at radius 3 is 2.21 bits per heavy atom. The Bertz CT molecular complexity index is 830. The third-order valence-corrected chi connectivity index (χ3v) is 4.14. The van der Waals surface area contributed by atoms with E-state index < -0.39 is 7.25 Å². The number of unbranched alkanes of at least 4 members (excludes halogenated alkanes) is 3. The predicted molar refractivity (Wildman–Crippen MR) is 105 cm³/mol. The first-order chi connectivity index (χ1) is 13.8. The number of pyridine rings is 1. The molecule has 2 aromatic heterocycles. The maximum Gasteiger partial charge on any atom is 0.673 e. The van der Waals surface area contributed by atoms with Crippen molar-refractivity contribution in [2.45, 2.75) is 45.6 Å². The number of benzene rings is 1. The summed E-state index contributed by atoms with van der Waals surface area (Å²) < 4.78 is 41.2. The van der Waals surface area contributed by atoms with Crippen LogP contribution in [0.2, 0.25) is 0 Å². The van der Waals surface area contributed by atoms with Crippen LogP contribution in [0.5, 0.6) is 0 Å². The molecule has 1 aromatic carbocycles. The molecule has 0 fully saturated rings. The number of aryl methyl sites for hydroxylation is 1. The van der Waals surface area contributed by atoms with Gasteiger partial charge in [-0.25, -0.2) is 4.57 Å². The van der Waals surface area contributed by atoms with Gasteiger partial charge >= 0.3 is 7.25 Å². The molecule has 0 aliphatic heterocycles. The molecule has 0 N–H and O–H groups in total. The van der Waals surface area contributed by atoms with Crippen molar-refractivity contribution in [2.24, 2.45) is 0 Å². The summed E-state index contributed by atoms with van der Waals surface area (Å²) in [6.45, 7) is 3.32. The van der Waals surface area contributed by atoms with Crippen LogP contribution in [0.4, 0.5) is 17.3 Å². The zero-order chi connectivity index (χ0) is 21.1. The van der Waals surface area contributed by atoms with E-state index in [2.05, 4.69) is 70.5 Å². The first kappa shape index (κ1) is 22.6. The SMILES string of the molecule is CCCCCC[n+]1ccc(-n2ncc(Cc3ccccc3)n2)cc1.F[B-](F)(F)F. The lowest BCUT2D eigenvalue weighted by atomic mass is 10.1. The molecule has 3 aromatic rings. The zero-order valence-corrected chi connectivity index (χ0v) is 16.4. The van der Waals surface area contributed by atoms with Gasteiger partial charge in [0.2, 0.25) is 0 Å². The summed E-state index contributed by atoms with van der Waals surface area (Å²) in [4.78, 5) is 1.71. The van der Waals surface area contributed by atoms with Crippen molar-refractivity contribution >= 4 is 7.25 Å². The molecule has 0 aliphatic rings. The van der Waals surface area contributed by atoms with E-state index in [-0.39, 0.29) is 0 Å². The van der Waals surface area contributed by atoms with Crippen LogP contribution in [0.3, 0.4) is 0 Å². The van der Waals surface area contributed by atoms with Crippen LogP contribution in [0.25, 0.3) is 5.69 Å². The van der Waals surface area contributed by atoms with Crippen LogP contribution in [0.15, 0.2) is 61.1 Å². The Kier molecular flexibility index (Phi) is 8.83. The highest BCUT2D eigenvalue weighted by molar-refractivity contribution is 6.50. The molecule has 0 atom stereocenters. The number of rotatable bonds is 8. The van der Waals surface area contributed by atoms with E-state index in [0.29, 0.717) is 0 Å². The second-order valence-corrected chi connectivity index (χ2v) is 6.64. The molecule has 4 nitrogen and oxygen atoms in total. The summed E-state index contributed by atoms with van der Waals surface area (Å²) in [6.07, 6.45) is 12.0. The second kappa shape index (κ2) is 11.3. The lowest BCUT2D eigenvalue weighted by Gasteiger charge is -2.00. The lowest BCUT2D eigenvalue weighted by molar-refractivity contribution is -0.697. The Morgan fingerprint density at radius 2 is 1.59 bits per heavy atom. The van der Waals surface area contributed by atoms with E-state index in [1.165, 1.54) is 31.2 Å². The smallest absolute Gasteiger partial charge is 0.418 e. The first-order valence-electron chi connectivity index (χ1n) is 9.67. The standard InChI is InChI=1S/C20H25N4.BF4/c1-2-3-4-8-13-23-14-11-20(12-15-23)24-21-17-19(22-24)16-18-9-6-5-7-10-18;2-1(3,4)5/h5-7,9-12,14-15,17H,2-4,8,13,16H2,1H3;/q+1;-1. The van der Waals surface area contributed by atoms with E-state index in [1.807, 2.05) is 12.3 Å². The van der Waals surface area contributed by atoms with Crippen LogP contribution in [-0.4, -0.2) is 22.2 Å². The maximum absolute atomic E-state index is 9.75. The molecule has 0 amide bonds. The van der Waals surface area contributed by atoms with E-state index in [1.54, 1.807) is 4.80 Å². The van der Waals surface area contributed by atoms with Crippen LogP contribution in [0.1, 0.15) is 43.9 Å². The van der Waals surface area contributed by atoms with E-state index >= 15 is 0 Å². The number of hydrogen-bond acceptors (Lipinski definition) is 2. The first-order valence-corrected chi connectivity index (χ1v) is 9.67. The fourth-order valence-electron chi connectivity index (χ4n) is 2.76. The van der Waals surface area contributed by atoms with Gasteiger partial charge in [-0.15, -0.1) is 0 Å². The van der Waals surface area contributed by atoms with Gasteiger partial charge in [-0.1, -0.05) is 50.1 Å². The average Bonchev–Trinajstić information content (AvgIpc) is 3.14. The fraction of sp³-hybridized carbons (Fsp3) is 0.350. The second-order valence-electron chi connectivity index (χ2n) is 6.64. The Hall–Kier alpha value is -2.71. The minimum absolute atomic E-state index is 0.811. The lowest BCUT2D eigenvalue weighted by Crippen LogP contribution is -2.32. The third kappa shape index (κ3) is 9.36. The van der Waals surface area contributed by atoms with Crippen LogP contribution < -0.4 is 4.57 Å². The molecule has 9 heteroatoms. The highest BCUT2D eigenvalue weighted by Crippen LogP contribution is 2.08. The van der Waals surface area contributed by atoms with Crippen molar-refractivity contribution in [3.05, 3.63) is 72.3 Å². The van der Waals surface area contributed by atoms with E-state index in [9.17, 15) is 17.3 Å². The van der Waals surface area contributed by atoms with Crippen molar-refractivity contribution in [3.63, 3.8) is 0 Å². The van der Waals surface area contributed by atoms with Gasteiger partial charge in [0.05, 0.1) is 17.6 Å². The van der Waals surface area contributed by atoms with Gasteiger partial charge in [0, 0.05) is 25.0 Å². The minimum Gasteiger partial charge on any atom is -0.418 e. The number of halogens is 4. The molecule has 0 saturated carbocycles. The van der Waals surface area contributed by atoms with Crippen molar-refractivity contribution in [2.75, 3.05) is 0 Å². The topological polar surface area (TPSA) is 34.6 Å². The molecule has 3 rings (SSSR count). The van der Waals surface area contributed by atoms with Crippen molar-refractivity contribution in [1.82, 2.24) is 15.0 Å². The average molecular weight is 408 g/mol. The van der Waals surface area contributed by atoms with Gasteiger partial charge in [-0.3, -0.25) is 0 Å². The normalized spacial score (nSPS) is 11.1. The molecule has 0 aliphatic carbocycles. The van der Waals surface area contributed by atoms with Gasteiger partial charge in [0.1, 0.15) is 6.54 Å². The van der Waals surface area contributed by atoms with Crippen LogP contribution >= 0.6 is 0 Å². The Morgan fingerprint density at radius 1 is 0.931 bits per heavy atom. The van der Waals surface area contributed by atoms with E-state index in [4.69, 9.17) is 0 Å². The fourth-order valence-corrected chi connectivity index (χ4v) is 2.76. The summed E-state index contributed by atoms with van der Waals surface area (Å²) in [5.41, 5.74) is 3.24. The summed E-state index contributed by atoms with van der Waals surface area (Å²) in [5.74, 6) is 0. The van der Waals surface area contributed by atoms with Crippen LogP contribution in [0, 0.1) is 0 Å². The minimum atomic E-state index is -6.00. The van der Waals surface area contributed by atoms with Crippen LogP contribution in [-0.2, 0) is 13.0 Å². The van der Waals surface area contributed by atoms with Crippen molar-refractivity contribution in [3.8, 4) is 5.69 Å². The molecule has 0 unspecified atom stereocenters. The van der Waals surface area contributed by atoms with Gasteiger partial charge in [0.15, 0.2) is 12.4 Å². The van der Waals surface area contributed by atoms with Crippen molar-refractivity contribution in [1.29, 1.82) is 0 Å². The molecular formula is C20H25BF4N4. The zero-order valence-electron chi connectivity index (χ0n) is 16.4. The molecule has 29 heavy (non-hydrogen) atoms. The quantitative estimate of drug-likeness (QED) is 0.227. The molecule has 156 valence electrons. The number of nitrogens with zero attached hydrogens (tertiary/aromatic N) is 4. The molecule has 0 bridgehead atoms. The number of aromatic nitrogens is 4. The van der Waals surface area contributed by atoms with Gasteiger partial charge < -0.3 is 17.3 Å². The molecular weight excluding hydrogens is 383 g/mol. The highest BCUT2D eigenvalue weighted by atomic mass is 19.5. The summed E-state index contributed by atoms with van der Waals surface area (Å²) in [6, 6.07) is 14.5. The largest absolute Gasteiger partial charge is 0.673 e.